The maximum absolute atomic E-state index is 7.78. The number of halogens is 1. The summed E-state index contributed by atoms with van der Waals surface area (Å²) in [6.45, 7) is 2.02. The largest absolute Gasteiger partial charge is 0.398 e. The summed E-state index contributed by atoms with van der Waals surface area (Å²) in [5.74, 6) is -0.0188. The Morgan fingerprint density at radius 1 is 1.27 bits per heavy atom. The minimum atomic E-state index is -0.0188. The summed E-state index contributed by atoms with van der Waals surface area (Å²) < 4.78 is 3.02. The molecule has 116 valence electrons. The Morgan fingerprint density at radius 2 is 1.95 bits per heavy atom. The van der Waals surface area contributed by atoms with Crippen LogP contribution in [0.5, 0.6) is 0 Å². The zero-order valence-corrected chi connectivity index (χ0v) is 14.1. The van der Waals surface area contributed by atoms with E-state index >= 15 is 0 Å². The third kappa shape index (κ3) is 3.21. The predicted molar refractivity (Wildman–Crippen MR) is 96.6 cm³/mol. The highest BCUT2D eigenvalue weighted by atomic mass is 35.5. The van der Waals surface area contributed by atoms with Gasteiger partial charge in [-0.3, -0.25) is 10.1 Å². The van der Waals surface area contributed by atoms with Crippen LogP contribution in [0.1, 0.15) is 18.1 Å². The lowest BCUT2D eigenvalue weighted by atomic mass is 9.92. The van der Waals surface area contributed by atoms with Gasteiger partial charge in [0.05, 0.1) is 0 Å². The maximum atomic E-state index is 7.78. The first-order chi connectivity index (χ1) is 10.5. The summed E-state index contributed by atoms with van der Waals surface area (Å²) in [6, 6.07) is 9.62. The number of amidine groups is 1. The molecule has 0 atom stereocenters. The number of nitrogens with one attached hydrogen (secondary N) is 2. The number of hydrogen-bond donors (Lipinski definition) is 4. The second-order valence-electron chi connectivity index (χ2n) is 4.77. The number of nitrogen functional groups attached to an aromatic ring is 2. The van der Waals surface area contributed by atoms with E-state index < -0.39 is 0 Å². The Hall–Kier alpha value is -1.69. The fourth-order valence-corrected chi connectivity index (χ4v) is 3.39. The van der Waals surface area contributed by atoms with E-state index in [4.69, 9.17) is 28.5 Å². The monoisotopic (exact) mass is 334 g/mol. The van der Waals surface area contributed by atoms with Gasteiger partial charge < -0.3 is 11.5 Å². The van der Waals surface area contributed by atoms with Crippen molar-refractivity contribution < 1.29 is 0 Å². The van der Waals surface area contributed by atoms with E-state index in [2.05, 4.69) is 4.72 Å². The molecule has 0 heterocycles. The average Bonchev–Trinajstić information content (AvgIpc) is 2.47. The van der Waals surface area contributed by atoms with Crippen molar-refractivity contribution in [3.8, 4) is 11.1 Å². The minimum Gasteiger partial charge on any atom is -0.398 e. The molecule has 0 aliphatic heterocycles. The second kappa shape index (κ2) is 7.05. The average molecular weight is 335 g/mol. The molecule has 0 aliphatic rings. The van der Waals surface area contributed by atoms with Crippen LogP contribution in [0.25, 0.3) is 11.1 Å². The molecule has 0 unspecified atom stereocenters. The van der Waals surface area contributed by atoms with E-state index in [9.17, 15) is 0 Å². The van der Waals surface area contributed by atoms with Crippen LogP contribution >= 0.6 is 23.5 Å². The van der Waals surface area contributed by atoms with Crippen molar-refractivity contribution >= 4 is 35.1 Å². The molecule has 0 saturated carbocycles. The maximum Gasteiger partial charge on any atom is 0.125 e. The van der Waals surface area contributed by atoms with Crippen molar-refractivity contribution in [2.45, 2.75) is 18.2 Å². The standard InChI is InChI=1S/C16H19ClN4S/c1-3-10-11(6-7-14(18)15(10)16(19)20)12-5-4-9(22-21-2)8-13(12)17/h4-8,21H,3,18H2,1-2H3,(H3,19,20). The lowest BCUT2D eigenvalue weighted by molar-refractivity contribution is 1.13. The molecule has 0 fully saturated rings. The smallest absolute Gasteiger partial charge is 0.125 e. The van der Waals surface area contributed by atoms with Crippen molar-refractivity contribution in [2.24, 2.45) is 5.73 Å². The summed E-state index contributed by atoms with van der Waals surface area (Å²) in [6.07, 6.45) is 0.721. The van der Waals surface area contributed by atoms with Crippen molar-refractivity contribution in [3.63, 3.8) is 0 Å². The van der Waals surface area contributed by atoms with E-state index in [1.54, 1.807) is 6.07 Å². The number of rotatable bonds is 5. The Morgan fingerprint density at radius 3 is 2.50 bits per heavy atom. The summed E-state index contributed by atoms with van der Waals surface area (Å²) in [5, 5.41) is 8.44. The molecule has 0 spiro atoms. The molecule has 2 rings (SSSR count). The van der Waals surface area contributed by atoms with Gasteiger partial charge in [0.15, 0.2) is 0 Å². The minimum absolute atomic E-state index is 0.0188. The normalized spacial score (nSPS) is 10.7. The van der Waals surface area contributed by atoms with Gasteiger partial charge in [-0.1, -0.05) is 30.7 Å². The molecule has 6 heteroatoms. The van der Waals surface area contributed by atoms with Gasteiger partial charge in [-0.05, 0) is 54.7 Å². The van der Waals surface area contributed by atoms with Gasteiger partial charge in [-0.15, -0.1) is 0 Å². The summed E-state index contributed by atoms with van der Waals surface area (Å²) in [7, 11) is 1.86. The lowest BCUT2D eigenvalue weighted by Crippen LogP contribution is -2.17. The fourth-order valence-electron chi connectivity index (χ4n) is 2.50. The number of benzene rings is 2. The predicted octanol–water partition coefficient (Wildman–Crippen LogP) is 3.66. The van der Waals surface area contributed by atoms with Gasteiger partial charge in [0.2, 0.25) is 0 Å². The molecule has 4 nitrogen and oxygen atoms in total. The molecule has 0 bridgehead atoms. The van der Waals surface area contributed by atoms with Crippen molar-refractivity contribution in [1.82, 2.24) is 4.72 Å². The quantitative estimate of drug-likeness (QED) is 0.291. The number of nitrogens with two attached hydrogens (primary N) is 2. The van der Waals surface area contributed by atoms with Gasteiger partial charge in [0.25, 0.3) is 0 Å². The van der Waals surface area contributed by atoms with E-state index in [1.807, 2.05) is 38.2 Å². The van der Waals surface area contributed by atoms with Crippen LogP contribution in [0.2, 0.25) is 5.02 Å². The number of hydrogen-bond acceptors (Lipinski definition) is 4. The first-order valence-corrected chi connectivity index (χ1v) is 8.08. The Kier molecular flexibility index (Phi) is 5.34. The molecule has 0 saturated heterocycles. The van der Waals surface area contributed by atoms with Crippen LogP contribution in [0.3, 0.4) is 0 Å². The zero-order valence-electron chi connectivity index (χ0n) is 12.5. The molecular formula is C16H19ClN4S. The third-order valence-electron chi connectivity index (χ3n) is 3.42. The summed E-state index contributed by atoms with van der Waals surface area (Å²) in [4.78, 5) is 1.04. The van der Waals surface area contributed by atoms with Crippen LogP contribution in [-0.4, -0.2) is 12.9 Å². The Bertz CT molecular complexity index is 716. The Balaban J connectivity index is 2.62. The molecule has 2 aromatic carbocycles. The van der Waals surface area contributed by atoms with Crippen LogP contribution in [0, 0.1) is 5.41 Å². The van der Waals surface area contributed by atoms with Crippen LogP contribution < -0.4 is 16.2 Å². The van der Waals surface area contributed by atoms with Crippen LogP contribution in [0.4, 0.5) is 5.69 Å². The van der Waals surface area contributed by atoms with E-state index in [-0.39, 0.29) is 5.84 Å². The van der Waals surface area contributed by atoms with Crippen LogP contribution in [0.15, 0.2) is 35.2 Å². The van der Waals surface area contributed by atoms with Gasteiger partial charge in [-0.2, -0.15) is 0 Å². The highest BCUT2D eigenvalue weighted by molar-refractivity contribution is 7.97. The van der Waals surface area contributed by atoms with E-state index in [1.165, 1.54) is 11.9 Å². The van der Waals surface area contributed by atoms with Crippen molar-refractivity contribution in [2.75, 3.05) is 12.8 Å². The molecule has 0 aliphatic carbocycles. The van der Waals surface area contributed by atoms with Gasteiger partial charge in [-0.25, -0.2) is 0 Å². The lowest BCUT2D eigenvalue weighted by Gasteiger charge is -2.16. The molecular weight excluding hydrogens is 316 g/mol. The van der Waals surface area contributed by atoms with Crippen molar-refractivity contribution in [3.05, 3.63) is 46.5 Å². The van der Waals surface area contributed by atoms with Gasteiger partial charge >= 0.3 is 0 Å². The second-order valence-corrected chi connectivity index (χ2v) is 6.26. The molecule has 2 aromatic rings. The van der Waals surface area contributed by atoms with E-state index in [0.717, 1.165) is 28.0 Å². The van der Waals surface area contributed by atoms with Crippen molar-refractivity contribution in [1.29, 1.82) is 5.41 Å². The molecule has 22 heavy (non-hydrogen) atoms. The highest BCUT2D eigenvalue weighted by Crippen LogP contribution is 2.36. The zero-order chi connectivity index (χ0) is 16.3. The SMILES string of the molecule is CCc1c(-c2ccc(SNC)cc2Cl)ccc(N)c1C(=N)N. The van der Waals surface area contributed by atoms with Gasteiger partial charge in [0.1, 0.15) is 5.84 Å². The highest BCUT2D eigenvalue weighted by Gasteiger charge is 2.16. The summed E-state index contributed by atoms with van der Waals surface area (Å²) in [5.41, 5.74) is 15.6. The number of anilines is 1. The van der Waals surface area contributed by atoms with Crippen LogP contribution in [-0.2, 0) is 6.42 Å². The first-order valence-electron chi connectivity index (χ1n) is 6.88. The van der Waals surface area contributed by atoms with E-state index in [0.29, 0.717) is 16.3 Å². The topological polar surface area (TPSA) is 87.9 Å². The van der Waals surface area contributed by atoms with Gasteiger partial charge in [0, 0.05) is 26.7 Å². The first kappa shape index (κ1) is 16.7. The molecule has 0 aromatic heterocycles. The molecule has 0 amide bonds. The fraction of sp³-hybridized carbons (Fsp3) is 0.188. The summed E-state index contributed by atoms with van der Waals surface area (Å²) >= 11 is 7.95. The molecule has 0 radical (unpaired) electrons. The third-order valence-corrected chi connectivity index (χ3v) is 4.43. The Labute approximate surface area is 139 Å². The molecule has 6 N–H and O–H groups in total.